The number of carbonyl (C=O) groups excluding carboxylic acids is 1. The SMILES string of the molecule is CN1CCC[C@H]1COc1cc(-c2ccc3c(c2)ncn3C2CCCCC2)c2c(c1C(N)=O)CC=N2.CS(=O)(=O)O. The number of nitrogens with two attached hydrogens (primary N) is 1. The van der Waals surface area contributed by atoms with Gasteiger partial charge in [0.1, 0.15) is 12.4 Å². The maximum absolute atomic E-state index is 12.5. The third kappa shape index (κ3) is 6.21. The van der Waals surface area contributed by atoms with Gasteiger partial charge in [-0.05, 0) is 63.0 Å². The second-order valence-corrected chi connectivity index (χ2v) is 12.4. The lowest BCUT2D eigenvalue weighted by Crippen LogP contribution is -2.31. The molecule has 3 aliphatic rings. The second-order valence-electron chi connectivity index (χ2n) is 11.0. The molecule has 10 nitrogen and oxygen atoms in total. The van der Waals surface area contributed by atoms with Crippen LogP contribution in [-0.4, -0.2) is 72.0 Å². The molecule has 214 valence electrons. The molecule has 0 unspecified atom stereocenters. The van der Waals surface area contributed by atoms with Crippen molar-refractivity contribution in [3.8, 4) is 16.9 Å². The first kappa shape index (κ1) is 28.3. The summed E-state index contributed by atoms with van der Waals surface area (Å²) < 4.78 is 34.5. The molecule has 2 aromatic carbocycles. The number of ether oxygens (including phenoxy) is 1. The van der Waals surface area contributed by atoms with Crippen LogP contribution in [0.4, 0.5) is 5.69 Å². The van der Waals surface area contributed by atoms with Crippen molar-refractivity contribution < 1.29 is 22.5 Å². The lowest BCUT2D eigenvalue weighted by Gasteiger charge is -2.23. The van der Waals surface area contributed by atoms with Gasteiger partial charge in [0.25, 0.3) is 16.0 Å². The topological polar surface area (TPSA) is 140 Å². The summed E-state index contributed by atoms with van der Waals surface area (Å²) in [7, 11) is -1.54. The van der Waals surface area contributed by atoms with Gasteiger partial charge in [0.2, 0.25) is 0 Å². The number of imidazole rings is 1. The summed E-state index contributed by atoms with van der Waals surface area (Å²) in [6.07, 6.45) is 13.8. The molecule has 1 saturated heterocycles. The predicted molar refractivity (Wildman–Crippen MR) is 156 cm³/mol. The van der Waals surface area contributed by atoms with Crippen LogP contribution in [-0.2, 0) is 16.5 Å². The van der Waals surface area contributed by atoms with E-state index in [1.165, 1.54) is 44.0 Å². The molecule has 3 N–H and O–H groups in total. The smallest absolute Gasteiger partial charge is 0.261 e. The summed E-state index contributed by atoms with van der Waals surface area (Å²) in [5, 5.41) is 0. The summed E-state index contributed by atoms with van der Waals surface area (Å²) in [5.74, 6) is 0.0969. The fourth-order valence-corrected chi connectivity index (χ4v) is 6.11. The van der Waals surface area contributed by atoms with Gasteiger partial charge in [0.15, 0.2) is 0 Å². The Morgan fingerprint density at radius 3 is 2.58 bits per heavy atom. The number of hydrogen-bond acceptors (Lipinski definition) is 7. The summed E-state index contributed by atoms with van der Waals surface area (Å²) in [4.78, 5) is 24.2. The van der Waals surface area contributed by atoms with E-state index in [2.05, 4.69) is 39.7 Å². The molecule has 6 rings (SSSR count). The number of aromatic nitrogens is 2. The number of nitrogens with zero attached hydrogens (tertiary/aromatic N) is 4. The third-order valence-corrected chi connectivity index (χ3v) is 8.08. The Hall–Kier alpha value is -3.28. The molecule has 2 fully saturated rings. The van der Waals surface area contributed by atoms with E-state index in [0.29, 0.717) is 42.7 Å². The minimum absolute atomic E-state index is 0.351. The first-order chi connectivity index (χ1) is 19.1. The van der Waals surface area contributed by atoms with Gasteiger partial charge in [-0.2, -0.15) is 8.42 Å². The van der Waals surface area contributed by atoms with Crippen LogP contribution in [0, 0.1) is 0 Å². The molecule has 1 atom stereocenters. The summed E-state index contributed by atoms with van der Waals surface area (Å²) >= 11 is 0. The molecule has 40 heavy (non-hydrogen) atoms. The van der Waals surface area contributed by atoms with E-state index in [1.54, 1.807) is 0 Å². The van der Waals surface area contributed by atoms with Gasteiger partial charge in [0, 0.05) is 35.8 Å². The van der Waals surface area contributed by atoms with E-state index in [4.69, 9.17) is 20.0 Å². The van der Waals surface area contributed by atoms with E-state index in [9.17, 15) is 13.2 Å². The fourth-order valence-electron chi connectivity index (χ4n) is 6.11. The van der Waals surface area contributed by atoms with Gasteiger partial charge >= 0.3 is 0 Å². The number of benzene rings is 2. The van der Waals surface area contributed by atoms with Crippen molar-refractivity contribution in [2.24, 2.45) is 10.7 Å². The maximum Gasteiger partial charge on any atom is 0.261 e. The number of carbonyl (C=O) groups is 1. The van der Waals surface area contributed by atoms with Crippen LogP contribution in [0.5, 0.6) is 5.75 Å². The highest BCUT2D eigenvalue weighted by atomic mass is 32.2. The van der Waals surface area contributed by atoms with Gasteiger partial charge < -0.3 is 19.9 Å². The Labute approximate surface area is 235 Å². The normalized spacial score (nSPS) is 19.4. The molecule has 0 spiro atoms. The zero-order chi connectivity index (χ0) is 28.4. The van der Waals surface area contributed by atoms with Crippen molar-refractivity contribution in [2.45, 2.75) is 63.5 Å². The van der Waals surface area contributed by atoms with Crippen LogP contribution in [0.25, 0.3) is 22.2 Å². The zero-order valence-corrected chi connectivity index (χ0v) is 23.9. The van der Waals surface area contributed by atoms with Gasteiger partial charge in [-0.3, -0.25) is 14.3 Å². The number of primary amides is 1. The van der Waals surface area contributed by atoms with E-state index < -0.39 is 16.0 Å². The number of likely N-dealkylation sites (tertiary alicyclic amines) is 1. The number of likely N-dealkylation sites (N-methyl/N-ethyl adjacent to an activating group) is 1. The fraction of sp³-hybridized carbons (Fsp3) is 0.483. The monoisotopic (exact) mass is 567 g/mol. The maximum atomic E-state index is 12.5. The van der Waals surface area contributed by atoms with Crippen molar-refractivity contribution in [1.82, 2.24) is 14.5 Å². The molecular weight excluding hydrogens is 530 g/mol. The van der Waals surface area contributed by atoms with Crippen LogP contribution in [0.2, 0.25) is 0 Å². The molecule has 1 saturated carbocycles. The third-order valence-electron chi connectivity index (χ3n) is 8.08. The number of hydrogen-bond donors (Lipinski definition) is 2. The molecule has 1 aliphatic carbocycles. The standard InChI is InChI=1S/C28H33N5O2.CH4O3S/c1-32-13-5-8-20(32)16-35-25-15-22(27-21(11-12-30-27)26(25)28(29)34)18-9-10-24-23(14-18)31-17-33(24)19-6-3-2-4-7-19;1-5(2,3)4/h9-10,12,14-15,17,19-20H,2-8,11,13,16H2,1H3,(H2,29,34);1H3,(H,2,3,4)/t20-;/m0./s1. The summed E-state index contributed by atoms with van der Waals surface area (Å²) in [5.41, 5.74) is 12.1. The molecule has 0 radical (unpaired) electrons. The van der Waals surface area contributed by atoms with Crippen LogP contribution in [0.3, 0.4) is 0 Å². The van der Waals surface area contributed by atoms with Crippen molar-refractivity contribution in [3.63, 3.8) is 0 Å². The Morgan fingerprint density at radius 1 is 1.15 bits per heavy atom. The minimum atomic E-state index is -3.67. The molecule has 11 heteroatoms. The molecule has 3 aromatic rings. The number of fused-ring (bicyclic) bond motifs is 2. The lowest BCUT2D eigenvalue weighted by atomic mass is 9.94. The van der Waals surface area contributed by atoms with Gasteiger partial charge in [0.05, 0.1) is 34.9 Å². The average Bonchev–Trinajstić information content (AvgIpc) is 3.65. The number of amides is 1. The van der Waals surface area contributed by atoms with Gasteiger partial charge in [-0.25, -0.2) is 4.98 Å². The van der Waals surface area contributed by atoms with Crippen LogP contribution < -0.4 is 10.5 Å². The first-order valence-electron chi connectivity index (χ1n) is 13.8. The lowest BCUT2D eigenvalue weighted by molar-refractivity contribution is 0.0993. The minimum Gasteiger partial charge on any atom is -0.491 e. The molecular formula is C29H37N5O5S. The van der Waals surface area contributed by atoms with E-state index in [1.807, 2.05) is 18.6 Å². The highest BCUT2D eigenvalue weighted by molar-refractivity contribution is 7.85. The first-order valence-corrected chi connectivity index (χ1v) is 15.7. The van der Waals surface area contributed by atoms with Crippen molar-refractivity contribution in [2.75, 3.05) is 26.5 Å². The van der Waals surface area contributed by atoms with Crippen molar-refractivity contribution >= 4 is 39.0 Å². The number of aliphatic imine (C=N–C) groups is 1. The Bertz CT molecular complexity index is 1530. The molecule has 2 aliphatic heterocycles. The summed E-state index contributed by atoms with van der Waals surface area (Å²) in [6.45, 7) is 1.62. The Morgan fingerprint density at radius 2 is 1.90 bits per heavy atom. The van der Waals surface area contributed by atoms with Gasteiger partial charge in [-0.1, -0.05) is 25.3 Å². The Kier molecular flexibility index (Phi) is 8.25. The molecule has 1 amide bonds. The van der Waals surface area contributed by atoms with Gasteiger partial charge in [-0.15, -0.1) is 0 Å². The van der Waals surface area contributed by atoms with Crippen LogP contribution >= 0.6 is 0 Å². The average molecular weight is 568 g/mol. The summed E-state index contributed by atoms with van der Waals surface area (Å²) in [6, 6.07) is 9.30. The largest absolute Gasteiger partial charge is 0.491 e. The van der Waals surface area contributed by atoms with Crippen molar-refractivity contribution in [3.05, 3.63) is 41.7 Å². The zero-order valence-electron chi connectivity index (χ0n) is 23.0. The molecule has 0 bridgehead atoms. The van der Waals surface area contributed by atoms with Crippen LogP contribution in [0.15, 0.2) is 35.6 Å². The number of rotatable bonds is 6. The highest BCUT2D eigenvalue weighted by Crippen LogP contribution is 2.43. The quantitative estimate of drug-likeness (QED) is 0.417. The molecule has 1 aromatic heterocycles. The second kappa shape index (κ2) is 11.7. The van der Waals surface area contributed by atoms with E-state index in [0.717, 1.165) is 40.9 Å². The highest BCUT2D eigenvalue weighted by Gasteiger charge is 2.27. The Balaban J connectivity index is 0.000000595. The predicted octanol–water partition coefficient (Wildman–Crippen LogP) is 4.54. The van der Waals surface area contributed by atoms with E-state index >= 15 is 0 Å². The molecule has 3 heterocycles. The van der Waals surface area contributed by atoms with Crippen LogP contribution in [0.1, 0.15) is 66.9 Å². The van der Waals surface area contributed by atoms with Crippen molar-refractivity contribution in [1.29, 1.82) is 0 Å². The van der Waals surface area contributed by atoms with E-state index in [-0.39, 0.29) is 0 Å².